The highest BCUT2D eigenvalue weighted by molar-refractivity contribution is 7.99. The van der Waals surface area contributed by atoms with E-state index < -0.39 is 0 Å². The van der Waals surface area contributed by atoms with Gasteiger partial charge in [-0.25, -0.2) is 9.67 Å². The van der Waals surface area contributed by atoms with Gasteiger partial charge < -0.3 is 0 Å². The summed E-state index contributed by atoms with van der Waals surface area (Å²) in [5.41, 5.74) is 0. The lowest BCUT2D eigenvalue weighted by Gasteiger charge is -2.07. The smallest absolute Gasteiger partial charge is 0.150 e. The Morgan fingerprint density at radius 2 is 2.33 bits per heavy atom. The summed E-state index contributed by atoms with van der Waals surface area (Å²) < 4.78 is 1.82. The van der Waals surface area contributed by atoms with Gasteiger partial charge in [-0.1, -0.05) is 13.8 Å². The minimum absolute atomic E-state index is 0.209. The average Bonchev–Trinajstić information content (AvgIpc) is 2.52. The van der Waals surface area contributed by atoms with Crippen LogP contribution in [0.1, 0.15) is 19.7 Å². The van der Waals surface area contributed by atoms with Crippen LogP contribution in [0.2, 0.25) is 0 Å². The van der Waals surface area contributed by atoms with Crippen LogP contribution in [-0.2, 0) is 17.8 Å². The lowest BCUT2D eigenvalue weighted by atomic mass is 10.2. The van der Waals surface area contributed by atoms with Gasteiger partial charge in [0, 0.05) is 6.54 Å². The minimum Gasteiger partial charge on any atom is -0.298 e. The fraction of sp³-hybridized carbons (Fsp3) is 0.700. The second kappa shape index (κ2) is 5.90. The maximum absolute atomic E-state index is 11.4. The molecule has 0 saturated heterocycles. The van der Waals surface area contributed by atoms with E-state index in [1.165, 1.54) is 6.33 Å². The Bertz CT molecular complexity index is 322. The summed E-state index contributed by atoms with van der Waals surface area (Å²) in [5.74, 6) is 2.05. The molecule has 1 heterocycles. The number of ketones is 1. The Morgan fingerprint density at radius 3 is 2.93 bits per heavy atom. The van der Waals surface area contributed by atoms with E-state index in [0.29, 0.717) is 18.1 Å². The number of rotatable bonds is 6. The highest BCUT2D eigenvalue weighted by Gasteiger charge is 2.10. The zero-order valence-corrected chi connectivity index (χ0v) is 10.3. The molecule has 0 amide bonds. The summed E-state index contributed by atoms with van der Waals surface area (Å²) in [7, 11) is 0. The normalized spacial score (nSPS) is 10.9. The van der Waals surface area contributed by atoms with E-state index in [1.807, 2.05) is 10.9 Å². The largest absolute Gasteiger partial charge is 0.298 e. The third kappa shape index (κ3) is 4.03. The van der Waals surface area contributed by atoms with Gasteiger partial charge in [0.05, 0.1) is 12.2 Å². The molecule has 1 aromatic heterocycles. The predicted octanol–water partition coefficient (Wildman–Crippen LogP) is 1.41. The molecule has 0 bridgehead atoms. The van der Waals surface area contributed by atoms with Crippen molar-refractivity contribution in [3.63, 3.8) is 0 Å². The Labute approximate surface area is 94.5 Å². The lowest BCUT2D eigenvalue weighted by molar-refractivity contribution is -0.116. The van der Waals surface area contributed by atoms with Gasteiger partial charge in [0.15, 0.2) is 0 Å². The van der Waals surface area contributed by atoms with Crippen molar-refractivity contribution in [1.29, 1.82) is 0 Å². The molecule has 0 N–H and O–H groups in total. The first-order chi connectivity index (χ1) is 7.13. The van der Waals surface area contributed by atoms with Crippen LogP contribution in [0.15, 0.2) is 6.33 Å². The Hall–Kier alpha value is -0.840. The van der Waals surface area contributed by atoms with E-state index in [0.717, 1.165) is 12.4 Å². The van der Waals surface area contributed by atoms with Crippen LogP contribution in [0, 0.1) is 5.92 Å². The van der Waals surface area contributed by atoms with Crippen molar-refractivity contribution in [1.82, 2.24) is 14.8 Å². The topological polar surface area (TPSA) is 47.8 Å². The van der Waals surface area contributed by atoms with Crippen molar-refractivity contribution >= 4 is 17.5 Å². The summed E-state index contributed by atoms with van der Waals surface area (Å²) in [6.45, 7) is 5.06. The van der Waals surface area contributed by atoms with Crippen LogP contribution < -0.4 is 0 Å². The van der Waals surface area contributed by atoms with E-state index in [2.05, 4.69) is 23.9 Å². The number of thioether (sulfide) groups is 1. The van der Waals surface area contributed by atoms with Gasteiger partial charge in [0.25, 0.3) is 0 Å². The van der Waals surface area contributed by atoms with Crippen molar-refractivity contribution in [2.45, 2.75) is 26.8 Å². The first kappa shape index (κ1) is 12.2. The maximum Gasteiger partial charge on any atom is 0.150 e. The number of nitrogens with zero attached hydrogens (tertiary/aromatic N) is 3. The Balaban J connectivity index is 2.60. The molecule has 0 fully saturated rings. The van der Waals surface area contributed by atoms with E-state index in [4.69, 9.17) is 0 Å². The molecule has 0 spiro atoms. The van der Waals surface area contributed by atoms with Gasteiger partial charge in [-0.05, 0) is 12.2 Å². The number of aromatic nitrogens is 3. The summed E-state index contributed by atoms with van der Waals surface area (Å²) in [5, 5.41) is 4.12. The third-order valence-electron chi connectivity index (χ3n) is 1.89. The minimum atomic E-state index is 0.209. The zero-order valence-electron chi connectivity index (χ0n) is 9.43. The SMILES string of the molecule is CSCC(=O)Cc1ncnn1CC(C)C. The van der Waals surface area contributed by atoms with Gasteiger partial charge in [-0.2, -0.15) is 16.9 Å². The van der Waals surface area contributed by atoms with Crippen molar-refractivity contribution in [2.24, 2.45) is 5.92 Å². The molecule has 0 aromatic carbocycles. The van der Waals surface area contributed by atoms with Crippen molar-refractivity contribution in [3.8, 4) is 0 Å². The van der Waals surface area contributed by atoms with E-state index in [1.54, 1.807) is 11.8 Å². The van der Waals surface area contributed by atoms with Crippen LogP contribution in [-0.4, -0.2) is 32.6 Å². The monoisotopic (exact) mass is 227 g/mol. The molecule has 0 aliphatic rings. The van der Waals surface area contributed by atoms with Crippen LogP contribution in [0.3, 0.4) is 0 Å². The number of carbonyl (C=O) groups excluding carboxylic acids is 1. The summed E-state index contributed by atoms with van der Waals surface area (Å²) in [4.78, 5) is 15.6. The lowest BCUT2D eigenvalue weighted by Crippen LogP contribution is -2.15. The number of hydrogen-bond donors (Lipinski definition) is 0. The van der Waals surface area contributed by atoms with Gasteiger partial charge in [-0.3, -0.25) is 4.79 Å². The fourth-order valence-electron chi connectivity index (χ4n) is 1.31. The van der Waals surface area contributed by atoms with E-state index in [-0.39, 0.29) is 5.78 Å². The van der Waals surface area contributed by atoms with Crippen LogP contribution in [0.5, 0.6) is 0 Å². The first-order valence-electron chi connectivity index (χ1n) is 5.00. The van der Waals surface area contributed by atoms with Gasteiger partial charge in [-0.15, -0.1) is 0 Å². The molecule has 0 unspecified atom stereocenters. The van der Waals surface area contributed by atoms with Crippen molar-refractivity contribution in [3.05, 3.63) is 12.2 Å². The van der Waals surface area contributed by atoms with Gasteiger partial charge >= 0.3 is 0 Å². The summed E-state index contributed by atoms with van der Waals surface area (Å²) in [6.07, 6.45) is 3.84. The highest BCUT2D eigenvalue weighted by atomic mass is 32.2. The van der Waals surface area contributed by atoms with E-state index in [9.17, 15) is 4.79 Å². The van der Waals surface area contributed by atoms with Crippen LogP contribution >= 0.6 is 11.8 Å². The second-order valence-corrected chi connectivity index (χ2v) is 4.77. The molecule has 1 rings (SSSR count). The molecular weight excluding hydrogens is 210 g/mol. The van der Waals surface area contributed by atoms with E-state index >= 15 is 0 Å². The highest BCUT2D eigenvalue weighted by Crippen LogP contribution is 2.04. The standard InChI is InChI=1S/C10H17N3OS/c1-8(2)5-13-10(11-7-12-13)4-9(14)6-15-3/h7-8H,4-6H2,1-3H3. The molecule has 0 aliphatic heterocycles. The molecule has 5 heteroatoms. The molecule has 1 aromatic rings. The Morgan fingerprint density at radius 1 is 1.60 bits per heavy atom. The van der Waals surface area contributed by atoms with Crippen LogP contribution in [0.4, 0.5) is 0 Å². The number of Topliss-reactive ketones (excluding diaryl/α,β-unsaturated/α-hetero) is 1. The zero-order chi connectivity index (χ0) is 11.3. The van der Waals surface area contributed by atoms with Crippen molar-refractivity contribution < 1.29 is 4.79 Å². The third-order valence-corrected chi connectivity index (χ3v) is 2.51. The molecule has 0 aliphatic carbocycles. The molecule has 84 valence electrons. The second-order valence-electron chi connectivity index (χ2n) is 3.90. The molecule has 4 nitrogen and oxygen atoms in total. The number of hydrogen-bond acceptors (Lipinski definition) is 4. The van der Waals surface area contributed by atoms with Gasteiger partial charge in [0.2, 0.25) is 0 Å². The molecule has 0 saturated carbocycles. The van der Waals surface area contributed by atoms with Crippen LogP contribution in [0.25, 0.3) is 0 Å². The predicted molar refractivity (Wildman–Crippen MR) is 62.0 cm³/mol. The average molecular weight is 227 g/mol. The maximum atomic E-state index is 11.4. The molecule has 15 heavy (non-hydrogen) atoms. The summed E-state index contributed by atoms with van der Waals surface area (Å²) >= 11 is 1.54. The molecular formula is C10H17N3OS. The van der Waals surface area contributed by atoms with Crippen molar-refractivity contribution in [2.75, 3.05) is 12.0 Å². The fourth-order valence-corrected chi connectivity index (χ4v) is 1.74. The number of carbonyl (C=O) groups is 1. The molecule has 0 atom stereocenters. The summed E-state index contributed by atoms with van der Waals surface area (Å²) in [6, 6.07) is 0. The quantitative estimate of drug-likeness (QED) is 0.737. The first-order valence-corrected chi connectivity index (χ1v) is 6.40. The molecule has 0 radical (unpaired) electrons. The van der Waals surface area contributed by atoms with Gasteiger partial charge in [0.1, 0.15) is 17.9 Å². The Kier molecular flexibility index (Phi) is 4.81.